The largest absolute Gasteiger partial charge is 0.456 e. The van der Waals surface area contributed by atoms with Crippen molar-refractivity contribution in [2.24, 2.45) is 5.10 Å². The van der Waals surface area contributed by atoms with Crippen molar-refractivity contribution >= 4 is 45.0 Å². The summed E-state index contributed by atoms with van der Waals surface area (Å²) in [5.41, 5.74) is -1.98. The summed E-state index contributed by atoms with van der Waals surface area (Å²) in [7, 11) is 0. The predicted octanol–water partition coefficient (Wildman–Crippen LogP) is 6.12. The van der Waals surface area contributed by atoms with E-state index in [-0.39, 0.29) is 39.1 Å². The Bertz CT molecular complexity index is 1420. The van der Waals surface area contributed by atoms with Crippen molar-refractivity contribution in [2.45, 2.75) is 6.92 Å². The zero-order valence-electron chi connectivity index (χ0n) is 16.7. The Kier molecular flexibility index (Phi) is 5.81. The normalized spacial score (nSPS) is 14.8. The molecule has 7 nitrogen and oxygen atoms in total. The van der Waals surface area contributed by atoms with Gasteiger partial charge in [-0.25, -0.2) is 22.0 Å². The molecule has 2 heterocycles. The van der Waals surface area contributed by atoms with Crippen LogP contribution in [0.15, 0.2) is 49.9 Å². The molecule has 0 radical (unpaired) electrons. The summed E-state index contributed by atoms with van der Waals surface area (Å²) in [6, 6.07) is 7.04. The summed E-state index contributed by atoms with van der Waals surface area (Å²) >= 11 is 3.14. The quantitative estimate of drug-likeness (QED) is 0.0993. The van der Waals surface area contributed by atoms with E-state index in [0.717, 1.165) is 6.08 Å². The molecule has 0 unspecified atom stereocenters. The number of nitro benzene ring substituents is 1. The highest BCUT2D eigenvalue weighted by Gasteiger charge is 2.37. The molecule has 0 atom stereocenters. The van der Waals surface area contributed by atoms with Gasteiger partial charge in [-0.1, -0.05) is 15.9 Å². The van der Waals surface area contributed by atoms with Crippen molar-refractivity contribution in [3.8, 4) is 11.3 Å². The van der Waals surface area contributed by atoms with E-state index >= 15 is 0 Å². The number of rotatable bonds is 4. The van der Waals surface area contributed by atoms with Crippen LogP contribution >= 0.6 is 15.9 Å². The number of anilines is 1. The van der Waals surface area contributed by atoms with Crippen LogP contribution < -0.4 is 5.01 Å². The lowest BCUT2D eigenvalue weighted by Gasteiger charge is -2.14. The minimum atomic E-state index is -2.37. The Morgan fingerprint density at radius 1 is 1.03 bits per heavy atom. The van der Waals surface area contributed by atoms with Gasteiger partial charge in [-0.3, -0.25) is 14.9 Å². The van der Waals surface area contributed by atoms with Crippen LogP contribution in [0.2, 0.25) is 0 Å². The lowest BCUT2D eigenvalue weighted by Crippen LogP contribution is -2.25. The van der Waals surface area contributed by atoms with Crippen LogP contribution in [0.5, 0.6) is 0 Å². The summed E-state index contributed by atoms with van der Waals surface area (Å²) in [6.45, 7) is 1.28. The Hall–Kier alpha value is -3.87. The molecule has 0 aliphatic carbocycles. The molecule has 0 saturated heterocycles. The molecule has 34 heavy (non-hydrogen) atoms. The molecule has 1 aromatic heterocycles. The van der Waals surface area contributed by atoms with Crippen molar-refractivity contribution in [1.82, 2.24) is 0 Å². The average Bonchev–Trinajstić information content (AvgIpc) is 3.37. The first-order chi connectivity index (χ1) is 16.0. The second-order valence-corrected chi connectivity index (χ2v) is 7.82. The highest BCUT2D eigenvalue weighted by Crippen LogP contribution is 2.36. The molecule has 2 aromatic carbocycles. The summed E-state index contributed by atoms with van der Waals surface area (Å²) in [5, 5.41) is 15.0. The Morgan fingerprint density at radius 3 is 2.26 bits per heavy atom. The maximum atomic E-state index is 14.2. The molecule has 0 saturated carbocycles. The van der Waals surface area contributed by atoms with E-state index in [1.54, 1.807) is 6.07 Å². The number of hydrazone groups is 1. The zero-order chi connectivity index (χ0) is 24.9. The van der Waals surface area contributed by atoms with Gasteiger partial charge in [0, 0.05) is 10.5 Å². The van der Waals surface area contributed by atoms with Gasteiger partial charge in [0.1, 0.15) is 17.2 Å². The summed E-state index contributed by atoms with van der Waals surface area (Å²) in [6.07, 6.45) is 1.13. The van der Waals surface area contributed by atoms with Gasteiger partial charge < -0.3 is 4.42 Å². The van der Waals surface area contributed by atoms with Crippen LogP contribution in [0, 0.1) is 39.2 Å². The molecule has 13 heteroatoms. The Morgan fingerprint density at radius 2 is 1.65 bits per heavy atom. The van der Waals surface area contributed by atoms with E-state index in [4.69, 9.17) is 4.42 Å². The second kappa shape index (κ2) is 8.48. The number of benzene rings is 2. The standard InChI is InChI=1S/C21H9BrF5N3O4/c1-8-12(21(31)29(28-8)20-18(26)16(24)15(23)17(25)19(20)27)7-10-3-5-14(34-10)11-4-2-9(22)6-13(11)30(32)33/h2-7H,1H3/b12-7-. The van der Waals surface area contributed by atoms with Gasteiger partial charge in [0.25, 0.3) is 11.6 Å². The van der Waals surface area contributed by atoms with Crippen LogP contribution in [0.4, 0.5) is 33.3 Å². The number of nitrogens with zero attached hydrogens (tertiary/aromatic N) is 3. The van der Waals surface area contributed by atoms with E-state index < -0.39 is 45.6 Å². The minimum Gasteiger partial charge on any atom is -0.456 e. The van der Waals surface area contributed by atoms with E-state index in [1.165, 1.54) is 31.2 Å². The van der Waals surface area contributed by atoms with Crippen LogP contribution in [0.25, 0.3) is 17.4 Å². The summed E-state index contributed by atoms with van der Waals surface area (Å²) < 4.78 is 74.8. The fourth-order valence-corrected chi connectivity index (χ4v) is 3.55. The van der Waals surface area contributed by atoms with Crippen LogP contribution in [-0.4, -0.2) is 16.5 Å². The fourth-order valence-electron chi connectivity index (χ4n) is 3.20. The molecule has 174 valence electrons. The first-order valence-electron chi connectivity index (χ1n) is 9.18. The molecule has 1 aliphatic heterocycles. The molecule has 0 spiro atoms. The SMILES string of the molecule is CC1=NN(c2c(F)c(F)c(F)c(F)c2F)C(=O)/C1=C\c1ccc(-c2ccc(Br)cc2[N+](=O)[O-])o1. The molecule has 0 bridgehead atoms. The molecule has 1 aliphatic rings. The maximum Gasteiger partial charge on any atom is 0.281 e. The summed E-state index contributed by atoms with van der Waals surface area (Å²) in [5.74, 6) is -12.3. The van der Waals surface area contributed by atoms with E-state index in [1.807, 2.05) is 0 Å². The van der Waals surface area contributed by atoms with Crippen molar-refractivity contribution < 1.29 is 36.1 Å². The number of amides is 1. The first-order valence-corrected chi connectivity index (χ1v) is 9.97. The molecule has 3 aromatic rings. The van der Waals surface area contributed by atoms with E-state index in [2.05, 4.69) is 21.0 Å². The average molecular weight is 542 g/mol. The smallest absolute Gasteiger partial charge is 0.281 e. The van der Waals surface area contributed by atoms with Gasteiger partial charge in [0.05, 0.1) is 21.8 Å². The predicted molar refractivity (Wildman–Crippen MR) is 113 cm³/mol. The van der Waals surface area contributed by atoms with Crippen LogP contribution in [0.3, 0.4) is 0 Å². The number of halogens is 6. The molecular weight excluding hydrogens is 533 g/mol. The van der Waals surface area contributed by atoms with Crippen LogP contribution in [0.1, 0.15) is 12.7 Å². The third kappa shape index (κ3) is 3.77. The van der Waals surface area contributed by atoms with Gasteiger partial charge in [0.15, 0.2) is 23.3 Å². The molecule has 4 rings (SSSR count). The van der Waals surface area contributed by atoms with Gasteiger partial charge in [-0.15, -0.1) is 0 Å². The molecule has 1 amide bonds. The number of carbonyl (C=O) groups excluding carboxylic acids is 1. The highest BCUT2D eigenvalue weighted by atomic mass is 79.9. The van der Waals surface area contributed by atoms with Crippen molar-refractivity contribution in [3.05, 3.63) is 85.3 Å². The Balaban J connectivity index is 1.72. The monoisotopic (exact) mass is 541 g/mol. The molecule has 0 N–H and O–H groups in total. The highest BCUT2D eigenvalue weighted by molar-refractivity contribution is 9.10. The van der Waals surface area contributed by atoms with Gasteiger partial charge in [-0.05, 0) is 37.3 Å². The van der Waals surface area contributed by atoms with E-state index in [0.29, 0.717) is 4.47 Å². The van der Waals surface area contributed by atoms with Gasteiger partial charge in [-0.2, -0.15) is 10.1 Å². The van der Waals surface area contributed by atoms with Crippen molar-refractivity contribution in [1.29, 1.82) is 0 Å². The Labute approximate surface area is 195 Å². The number of nitro groups is 1. The van der Waals surface area contributed by atoms with Gasteiger partial charge >= 0.3 is 0 Å². The zero-order valence-corrected chi connectivity index (χ0v) is 18.3. The minimum absolute atomic E-state index is 0.0179. The number of hydrogen-bond donors (Lipinski definition) is 0. The third-order valence-corrected chi connectivity index (χ3v) is 5.29. The lowest BCUT2D eigenvalue weighted by molar-refractivity contribution is -0.384. The number of furan rings is 1. The lowest BCUT2D eigenvalue weighted by atomic mass is 10.1. The topological polar surface area (TPSA) is 89.0 Å². The third-order valence-electron chi connectivity index (χ3n) is 4.80. The number of hydrogen-bond acceptors (Lipinski definition) is 5. The second-order valence-electron chi connectivity index (χ2n) is 6.90. The maximum absolute atomic E-state index is 14.2. The molecular formula is C21H9BrF5N3O4. The first kappa shape index (κ1) is 23.3. The number of carbonyl (C=O) groups is 1. The summed E-state index contributed by atoms with van der Waals surface area (Å²) in [4.78, 5) is 23.5. The van der Waals surface area contributed by atoms with E-state index in [9.17, 15) is 36.9 Å². The van der Waals surface area contributed by atoms with Crippen molar-refractivity contribution in [2.75, 3.05) is 5.01 Å². The van der Waals surface area contributed by atoms with Crippen molar-refractivity contribution in [3.63, 3.8) is 0 Å². The van der Waals surface area contributed by atoms with Gasteiger partial charge in [0.2, 0.25) is 5.82 Å². The fraction of sp³-hybridized carbons (Fsp3) is 0.0476. The van der Waals surface area contributed by atoms with Crippen LogP contribution in [-0.2, 0) is 4.79 Å². The molecule has 0 fully saturated rings.